The molecule has 2 aromatic carbocycles. The Morgan fingerprint density at radius 1 is 1.03 bits per heavy atom. The maximum absolute atomic E-state index is 12.1. The third-order valence-electron chi connectivity index (χ3n) is 5.18. The number of ether oxygens (including phenoxy) is 1. The van der Waals surface area contributed by atoms with Crippen molar-refractivity contribution in [3.8, 4) is 5.75 Å². The van der Waals surface area contributed by atoms with Crippen LogP contribution in [0.25, 0.3) is 0 Å². The Morgan fingerprint density at radius 2 is 1.76 bits per heavy atom. The molecule has 0 aromatic heterocycles. The van der Waals surface area contributed by atoms with E-state index in [1.807, 2.05) is 18.2 Å². The number of hydrogen-bond acceptors (Lipinski definition) is 4. The first kappa shape index (κ1) is 21.8. The molecule has 1 saturated heterocycles. The van der Waals surface area contributed by atoms with Crippen molar-refractivity contribution >= 4 is 34.8 Å². The Bertz CT molecular complexity index is 806. The topological polar surface area (TPSA) is 44.8 Å². The van der Waals surface area contributed by atoms with Crippen LogP contribution in [0.4, 0.5) is 5.69 Å². The molecule has 1 N–H and O–H groups in total. The first-order valence-electron chi connectivity index (χ1n) is 9.92. The summed E-state index contributed by atoms with van der Waals surface area (Å²) in [6, 6.07) is 12.9. The van der Waals surface area contributed by atoms with Crippen molar-refractivity contribution < 1.29 is 9.53 Å². The maximum Gasteiger partial charge on any atom is 0.251 e. The van der Waals surface area contributed by atoms with Gasteiger partial charge in [-0.2, -0.15) is 0 Å². The SMILES string of the molecule is COc1ccc(C(=O)NCCCCN2CCN(c3cccc(Cl)c3Cl)CC2)cc1. The molecule has 0 atom stereocenters. The second-order valence-corrected chi connectivity index (χ2v) is 7.88. The van der Waals surface area contributed by atoms with Gasteiger partial charge in [-0.15, -0.1) is 0 Å². The number of methoxy groups -OCH3 is 1. The highest BCUT2D eigenvalue weighted by atomic mass is 35.5. The number of unbranched alkanes of at least 4 members (excludes halogenated alkanes) is 1. The van der Waals surface area contributed by atoms with Crippen LogP contribution in [0.1, 0.15) is 23.2 Å². The minimum atomic E-state index is -0.0420. The maximum atomic E-state index is 12.1. The van der Waals surface area contributed by atoms with E-state index >= 15 is 0 Å². The van der Waals surface area contributed by atoms with Gasteiger partial charge in [0.05, 0.1) is 22.8 Å². The Labute approximate surface area is 182 Å². The monoisotopic (exact) mass is 435 g/mol. The van der Waals surface area contributed by atoms with Crippen molar-refractivity contribution in [2.75, 3.05) is 51.3 Å². The zero-order valence-corrected chi connectivity index (χ0v) is 18.2. The number of benzene rings is 2. The summed E-state index contributed by atoms with van der Waals surface area (Å²) in [5.41, 5.74) is 1.67. The van der Waals surface area contributed by atoms with Gasteiger partial charge in [-0.1, -0.05) is 29.3 Å². The molecule has 3 rings (SSSR count). The first-order valence-corrected chi connectivity index (χ1v) is 10.7. The summed E-state index contributed by atoms with van der Waals surface area (Å²) in [4.78, 5) is 16.9. The van der Waals surface area contributed by atoms with Crippen LogP contribution in [-0.4, -0.2) is 57.2 Å². The minimum Gasteiger partial charge on any atom is -0.497 e. The van der Waals surface area contributed by atoms with E-state index in [-0.39, 0.29) is 5.91 Å². The van der Waals surface area contributed by atoms with Gasteiger partial charge >= 0.3 is 0 Å². The number of halogens is 2. The molecule has 1 aliphatic heterocycles. The number of rotatable bonds is 8. The smallest absolute Gasteiger partial charge is 0.251 e. The zero-order chi connectivity index (χ0) is 20.6. The van der Waals surface area contributed by atoms with Crippen LogP contribution in [0.15, 0.2) is 42.5 Å². The van der Waals surface area contributed by atoms with Crippen molar-refractivity contribution in [1.82, 2.24) is 10.2 Å². The molecule has 0 bridgehead atoms. The standard InChI is InChI=1S/C22H27Cl2N3O2/c1-29-18-9-7-17(8-10-18)22(28)25-11-2-3-12-26-13-15-27(16-14-26)20-6-4-5-19(23)21(20)24/h4-10H,2-3,11-16H2,1H3,(H,25,28). The Kier molecular flexibility index (Phi) is 8.04. The lowest BCUT2D eigenvalue weighted by Crippen LogP contribution is -2.46. The van der Waals surface area contributed by atoms with Crippen LogP contribution in [0.2, 0.25) is 10.0 Å². The van der Waals surface area contributed by atoms with Crippen LogP contribution in [0.3, 0.4) is 0 Å². The van der Waals surface area contributed by atoms with Crippen molar-refractivity contribution in [2.24, 2.45) is 0 Å². The minimum absolute atomic E-state index is 0.0420. The molecule has 7 heteroatoms. The number of amides is 1. The summed E-state index contributed by atoms with van der Waals surface area (Å²) in [5, 5.41) is 4.22. The molecule has 29 heavy (non-hydrogen) atoms. The summed E-state index contributed by atoms with van der Waals surface area (Å²) < 4.78 is 5.11. The van der Waals surface area contributed by atoms with E-state index < -0.39 is 0 Å². The predicted molar refractivity (Wildman–Crippen MR) is 120 cm³/mol. The summed E-state index contributed by atoms with van der Waals surface area (Å²) >= 11 is 12.5. The van der Waals surface area contributed by atoms with Crippen molar-refractivity contribution in [1.29, 1.82) is 0 Å². The van der Waals surface area contributed by atoms with Crippen molar-refractivity contribution in [3.05, 3.63) is 58.1 Å². The molecule has 156 valence electrons. The number of nitrogens with one attached hydrogen (secondary N) is 1. The third-order valence-corrected chi connectivity index (χ3v) is 5.99. The molecule has 1 amide bonds. The van der Waals surface area contributed by atoms with Crippen LogP contribution in [0, 0.1) is 0 Å². The van der Waals surface area contributed by atoms with Gasteiger partial charge in [-0.25, -0.2) is 0 Å². The first-order chi connectivity index (χ1) is 14.1. The average Bonchev–Trinajstić information content (AvgIpc) is 2.76. The van der Waals surface area contributed by atoms with E-state index in [9.17, 15) is 4.79 Å². The highest BCUT2D eigenvalue weighted by Crippen LogP contribution is 2.32. The van der Waals surface area contributed by atoms with E-state index in [2.05, 4.69) is 15.1 Å². The summed E-state index contributed by atoms with van der Waals surface area (Å²) in [5.74, 6) is 0.707. The largest absolute Gasteiger partial charge is 0.497 e. The van der Waals surface area contributed by atoms with Crippen LogP contribution in [-0.2, 0) is 0 Å². The molecular weight excluding hydrogens is 409 g/mol. The lowest BCUT2D eigenvalue weighted by atomic mass is 10.2. The molecule has 1 fully saturated rings. The van der Waals surface area contributed by atoms with Gasteiger partial charge in [0.2, 0.25) is 0 Å². The fourth-order valence-electron chi connectivity index (χ4n) is 3.46. The quantitative estimate of drug-likeness (QED) is 0.626. The third kappa shape index (κ3) is 6.01. The molecular formula is C22H27Cl2N3O2. The van der Waals surface area contributed by atoms with Crippen LogP contribution >= 0.6 is 23.2 Å². The van der Waals surface area contributed by atoms with E-state index in [0.29, 0.717) is 22.2 Å². The summed E-state index contributed by atoms with van der Waals surface area (Å²) in [7, 11) is 1.61. The van der Waals surface area contributed by atoms with Crippen LogP contribution in [0.5, 0.6) is 5.75 Å². The number of carbonyl (C=O) groups is 1. The van der Waals surface area contributed by atoms with E-state index in [1.54, 1.807) is 31.4 Å². The predicted octanol–water partition coefficient (Wildman–Crippen LogP) is 4.33. The van der Waals surface area contributed by atoms with Gasteiger partial charge in [0.15, 0.2) is 0 Å². The van der Waals surface area contributed by atoms with Gasteiger partial charge < -0.3 is 15.0 Å². The number of carbonyl (C=O) groups excluding carboxylic acids is 1. The number of hydrogen-bond donors (Lipinski definition) is 1. The molecule has 1 aliphatic rings. The summed E-state index contributed by atoms with van der Waals surface area (Å²) in [6.07, 6.45) is 2.02. The number of piperazine rings is 1. The molecule has 0 saturated carbocycles. The van der Waals surface area contributed by atoms with Gasteiger partial charge in [0.25, 0.3) is 5.91 Å². The fraction of sp³-hybridized carbons (Fsp3) is 0.409. The summed E-state index contributed by atoms with van der Waals surface area (Å²) in [6.45, 7) is 5.60. The fourth-order valence-corrected chi connectivity index (χ4v) is 3.87. The normalized spacial score (nSPS) is 14.7. The van der Waals surface area contributed by atoms with E-state index in [0.717, 1.165) is 57.0 Å². The van der Waals surface area contributed by atoms with Crippen molar-refractivity contribution in [3.63, 3.8) is 0 Å². The van der Waals surface area contributed by atoms with Crippen LogP contribution < -0.4 is 15.0 Å². The Balaban J connectivity index is 1.32. The zero-order valence-electron chi connectivity index (χ0n) is 16.7. The van der Waals surface area contributed by atoms with E-state index in [4.69, 9.17) is 27.9 Å². The van der Waals surface area contributed by atoms with Gasteiger partial charge in [-0.3, -0.25) is 9.69 Å². The second kappa shape index (κ2) is 10.7. The molecule has 0 unspecified atom stereocenters. The molecule has 0 radical (unpaired) electrons. The van der Waals surface area contributed by atoms with E-state index in [1.165, 1.54) is 0 Å². The highest BCUT2D eigenvalue weighted by molar-refractivity contribution is 6.43. The van der Waals surface area contributed by atoms with Gasteiger partial charge in [0.1, 0.15) is 5.75 Å². The lowest BCUT2D eigenvalue weighted by molar-refractivity contribution is 0.0952. The Hall–Kier alpha value is -1.95. The lowest BCUT2D eigenvalue weighted by Gasteiger charge is -2.36. The highest BCUT2D eigenvalue weighted by Gasteiger charge is 2.19. The molecule has 0 spiro atoms. The molecule has 1 heterocycles. The number of anilines is 1. The number of nitrogens with zero attached hydrogens (tertiary/aromatic N) is 2. The molecule has 2 aromatic rings. The molecule has 0 aliphatic carbocycles. The molecule has 5 nitrogen and oxygen atoms in total. The van der Waals surface area contributed by atoms with Gasteiger partial charge in [-0.05, 0) is 55.8 Å². The average molecular weight is 436 g/mol. The second-order valence-electron chi connectivity index (χ2n) is 7.09. The Morgan fingerprint density at radius 3 is 2.45 bits per heavy atom. The van der Waals surface area contributed by atoms with Crippen molar-refractivity contribution in [2.45, 2.75) is 12.8 Å². The van der Waals surface area contributed by atoms with Gasteiger partial charge in [0, 0.05) is 38.3 Å².